The summed E-state index contributed by atoms with van der Waals surface area (Å²) in [6.07, 6.45) is 0.942. The van der Waals surface area contributed by atoms with Gasteiger partial charge in [0.2, 0.25) is 11.8 Å². The summed E-state index contributed by atoms with van der Waals surface area (Å²) in [5.41, 5.74) is 3.63. The standard InChI is InChI=1S/C21H23N3O4/c1-14(2)21(26)23-10-9-16-5-6-18(12-17(16)13-23)22-20(25)11-15-3-7-19(8-4-15)24(27)28/h3-8,12,14H,9-11,13H2,1-2H3,(H,22,25). The summed E-state index contributed by atoms with van der Waals surface area (Å²) in [7, 11) is 0. The lowest BCUT2D eigenvalue weighted by molar-refractivity contribution is -0.384. The third-order valence-corrected chi connectivity index (χ3v) is 4.82. The molecule has 3 rings (SSSR count). The molecule has 7 nitrogen and oxygen atoms in total. The minimum absolute atomic E-state index is 0.000607. The van der Waals surface area contributed by atoms with Gasteiger partial charge >= 0.3 is 0 Å². The van der Waals surface area contributed by atoms with E-state index in [2.05, 4.69) is 5.32 Å². The molecule has 0 atom stereocenters. The molecule has 0 saturated heterocycles. The maximum atomic E-state index is 12.3. The molecule has 28 heavy (non-hydrogen) atoms. The quantitative estimate of drug-likeness (QED) is 0.635. The van der Waals surface area contributed by atoms with Crippen LogP contribution in [0.1, 0.15) is 30.5 Å². The second-order valence-electron chi connectivity index (χ2n) is 7.30. The fourth-order valence-electron chi connectivity index (χ4n) is 3.31. The highest BCUT2D eigenvalue weighted by atomic mass is 16.6. The minimum atomic E-state index is -0.468. The SMILES string of the molecule is CC(C)C(=O)N1CCc2ccc(NC(=O)Cc3ccc([N+](=O)[O-])cc3)cc2C1. The second-order valence-corrected chi connectivity index (χ2v) is 7.30. The number of amides is 2. The normalized spacial score (nSPS) is 13.2. The fraction of sp³-hybridized carbons (Fsp3) is 0.333. The Morgan fingerprint density at radius 3 is 2.50 bits per heavy atom. The monoisotopic (exact) mass is 381 g/mol. The highest BCUT2D eigenvalue weighted by Gasteiger charge is 2.22. The third-order valence-electron chi connectivity index (χ3n) is 4.82. The number of carbonyl (C=O) groups is 2. The van der Waals surface area contributed by atoms with Crippen molar-refractivity contribution in [2.45, 2.75) is 33.2 Å². The number of rotatable bonds is 5. The van der Waals surface area contributed by atoms with Crippen LogP contribution in [-0.2, 0) is 29.0 Å². The van der Waals surface area contributed by atoms with Crippen LogP contribution >= 0.6 is 0 Å². The number of carbonyl (C=O) groups excluding carboxylic acids is 2. The number of nitrogens with zero attached hydrogens (tertiary/aromatic N) is 2. The summed E-state index contributed by atoms with van der Waals surface area (Å²) in [6, 6.07) is 11.7. The van der Waals surface area contributed by atoms with E-state index in [1.807, 2.05) is 36.9 Å². The highest BCUT2D eigenvalue weighted by Crippen LogP contribution is 2.24. The number of hydrogen-bond donors (Lipinski definition) is 1. The van der Waals surface area contributed by atoms with Crippen molar-refractivity contribution in [3.8, 4) is 0 Å². The molecule has 0 bridgehead atoms. The molecule has 0 unspecified atom stereocenters. The molecule has 0 aromatic heterocycles. The number of benzene rings is 2. The number of nitro benzene ring substituents is 1. The van der Waals surface area contributed by atoms with E-state index >= 15 is 0 Å². The minimum Gasteiger partial charge on any atom is -0.338 e. The van der Waals surface area contributed by atoms with Crippen molar-refractivity contribution in [1.82, 2.24) is 4.90 Å². The molecule has 2 aromatic carbocycles. The zero-order valence-corrected chi connectivity index (χ0v) is 16.0. The van der Waals surface area contributed by atoms with E-state index in [9.17, 15) is 19.7 Å². The van der Waals surface area contributed by atoms with Gasteiger partial charge in [0.15, 0.2) is 0 Å². The maximum absolute atomic E-state index is 12.3. The predicted octanol–water partition coefficient (Wildman–Crippen LogP) is 3.32. The summed E-state index contributed by atoms with van der Waals surface area (Å²) in [5, 5.41) is 13.6. The maximum Gasteiger partial charge on any atom is 0.269 e. The van der Waals surface area contributed by atoms with Crippen molar-refractivity contribution in [2.75, 3.05) is 11.9 Å². The lowest BCUT2D eigenvalue weighted by Gasteiger charge is -2.30. The van der Waals surface area contributed by atoms with Crippen LogP contribution in [-0.4, -0.2) is 28.2 Å². The average Bonchev–Trinajstić information content (AvgIpc) is 2.67. The number of nitro groups is 1. The Balaban J connectivity index is 1.65. The van der Waals surface area contributed by atoms with Gasteiger partial charge in [0, 0.05) is 36.8 Å². The van der Waals surface area contributed by atoms with E-state index in [0.717, 1.165) is 18.5 Å². The van der Waals surface area contributed by atoms with Crippen molar-refractivity contribution >= 4 is 23.2 Å². The Labute approximate surface area is 163 Å². The van der Waals surface area contributed by atoms with Crippen LogP contribution in [0.4, 0.5) is 11.4 Å². The van der Waals surface area contributed by atoms with Gasteiger partial charge in [-0.3, -0.25) is 19.7 Å². The molecule has 7 heteroatoms. The van der Waals surface area contributed by atoms with Gasteiger partial charge in [0.05, 0.1) is 11.3 Å². The van der Waals surface area contributed by atoms with Crippen LogP contribution in [0.2, 0.25) is 0 Å². The molecule has 0 aliphatic carbocycles. The molecule has 1 aliphatic heterocycles. The molecule has 146 valence electrons. The van der Waals surface area contributed by atoms with Gasteiger partial charge in [-0.15, -0.1) is 0 Å². The van der Waals surface area contributed by atoms with Gasteiger partial charge in [-0.2, -0.15) is 0 Å². The first kappa shape index (κ1) is 19.5. The van der Waals surface area contributed by atoms with Crippen molar-refractivity contribution in [2.24, 2.45) is 5.92 Å². The zero-order chi connectivity index (χ0) is 20.3. The summed E-state index contributed by atoms with van der Waals surface area (Å²) in [6.45, 7) is 5.06. The fourth-order valence-corrected chi connectivity index (χ4v) is 3.31. The van der Waals surface area contributed by atoms with Gasteiger partial charge < -0.3 is 10.2 Å². The number of anilines is 1. The molecule has 1 N–H and O–H groups in total. The molecule has 1 aliphatic rings. The van der Waals surface area contributed by atoms with Gasteiger partial charge in [-0.25, -0.2) is 0 Å². The van der Waals surface area contributed by atoms with Crippen molar-refractivity contribution in [3.05, 3.63) is 69.3 Å². The second kappa shape index (κ2) is 8.21. The summed E-state index contributed by atoms with van der Waals surface area (Å²) in [5.74, 6) is -0.0934. The predicted molar refractivity (Wildman–Crippen MR) is 106 cm³/mol. The largest absolute Gasteiger partial charge is 0.338 e. The number of non-ortho nitro benzene ring substituents is 1. The summed E-state index contributed by atoms with van der Waals surface area (Å²) in [4.78, 5) is 36.7. The highest BCUT2D eigenvalue weighted by molar-refractivity contribution is 5.92. The molecular formula is C21H23N3O4. The van der Waals surface area contributed by atoms with Crippen LogP contribution in [0.3, 0.4) is 0 Å². The molecule has 0 fully saturated rings. The van der Waals surface area contributed by atoms with Crippen molar-refractivity contribution in [3.63, 3.8) is 0 Å². The summed E-state index contributed by atoms with van der Waals surface area (Å²) >= 11 is 0. The van der Waals surface area contributed by atoms with E-state index in [1.165, 1.54) is 17.7 Å². The van der Waals surface area contributed by atoms with Gasteiger partial charge in [0.25, 0.3) is 5.69 Å². The Bertz CT molecular complexity index is 906. The lowest BCUT2D eigenvalue weighted by Crippen LogP contribution is -2.38. The number of fused-ring (bicyclic) bond motifs is 1. The third kappa shape index (κ3) is 4.54. The molecule has 1 heterocycles. The molecule has 0 saturated carbocycles. The van der Waals surface area contributed by atoms with Crippen LogP contribution in [0, 0.1) is 16.0 Å². The molecule has 0 radical (unpaired) electrons. The zero-order valence-electron chi connectivity index (χ0n) is 16.0. The van der Waals surface area contributed by atoms with Crippen LogP contribution in [0.5, 0.6) is 0 Å². The Kier molecular flexibility index (Phi) is 5.73. The van der Waals surface area contributed by atoms with Gasteiger partial charge in [-0.05, 0) is 35.2 Å². The average molecular weight is 381 g/mol. The Morgan fingerprint density at radius 1 is 1.14 bits per heavy atom. The smallest absolute Gasteiger partial charge is 0.269 e. The molecular weight excluding hydrogens is 358 g/mol. The topological polar surface area (TPSA) is 92.6 Å². The van der Waals surface area contributed by atoms with Crippen molar-refractivity contribution < 1.29 is 14.5 Å². The van der Waals surface area contributed by atoms with Gasteiger partial charge in [-0.1, -0.05) is 32.0 Å². The van der Waals surface area contributed by atoms with Crippen LogP contribution in [0.15, 0.2) is 42.5 Å². The van der Waals surface area contributed by atoms with Crippen LogP contribution < -0.4 is 5.32 Å². The first-order chi connectivity index (χ1) is 13.3. The number of nitrogens with one attached hydrogen (secondary N) is 1. The van der Waals surface area contributed by atoms with E-state index in [-0.39, 0.29) is 29.8 Å². The molecule has 0 spiro atoms. The molecule has 2 amide bonds. The molecule has 2 aromatic rings. The first-order valence-electron chi connectivity index (χ1n) is 9.27. The Hall–Kier alpha value is -3.22. The van der Waals surface area contributed by atoms with Crippen LogP contribution in [0.25, 0.3) is 0 Å². The van der Waals surface area contributed by atoms with Crippen molar-refractivity contribution in [1.29, 1.82) is 0 Å². The van der Waals surface area contributed by atoms with E-state index in [1.54, 1.807) is 12.1 Å². The lowest BCUT2D eigenvalue weighted by atomic mass is 9.98. The van der Waals surface area contributed by atoms with Gasteiger partial charge in [0.1, 0.15) is 0 Å². The number of hydrogen-bond acceptors (Lipinski definition) is 4. The van der Waals surface area contributed by atoms with E-state index in [4.69, 9.17) is 0 Å². The summed E-state index contributed by atoms with van der Waals surface area (Å²) < 4.78 is 0. The Morgan fingerprint density at radius 2 is 1.86 bits per heavy atom. The van der Waals surface area contributed by atoms with E-state index < -0.39 is 4.92 Å². The first-order valence-corrected chi connectivity index (χ1v) is 9.27. The van der Waals surface area contributed by atoms with E-state index in [0.29, 0.717) is 17.8 Å².